The smallest absolute Gasteiger partial charge is 0.325 e. The second-order valence-corrected chi connectivity index (χ2v) is 10.4. The zero-order valence-electron chi connectivity index (χ0n) is 19.1. The molecule has 176 valence electrons. The van der Waals surface area contributed by atoms with E-state index in [0.717, 1.165) is 16.3 Å². The minimum Gasteiger partial charge on any atom is -0.339 e. The predicted octanol–water partition coefficient (Wildman–Crippen LogP) is 4.05. The van der Waals surface area contributed by atoms with E-state index >= 15 is 0 Å². The van der Waals surface area contributed by atoms with Crippen LogP contribution in [0.5, 0.6) is 0 Å². The predicted molar refractivity (Wildman–Crippen MR) is 131 cm³/mol. The molecule has 4 amide bonds. The normalized spacial score (nSPS) is 21.5. The number of hydrogen-bond acceptors (Lipinski definition) is 6. The van der Waals surface area contributed by atoms with Crippen molar-refractivity contribution in [1.29, 1.82) is 0 Å². The van der Waals surface area contributed by atoms with Crippen molar-refractivity contribution in [3.63, 3.8) is 0 Å². The molecule has 2 aromatic rings. The molecule has 1 atom stereocenters. The van der Waals surface area contributed by atoms with Gasteiger partial charge in [-0.3, -0.25) is 14.5 Å². The number of amides is 4. The molecule has 0 unspecified atom stereocenters. The molecule has 0 radical (unpaired) electrons. The molecule has 2 aliphatic heterocycles. The topological polar surface area (TPSA) is 82.6 Å². The molecule has 4 rings (SSSR count). The van der Waals surface area contributed by atoms with Gasteiger partial charge in [-0.2, -0.15) is 0 Å². The highest BCUT2D eigenvalue weighted by molar-refractivity contribution is 7.98. The van der Waals surface area contributed by atoms with Gasteiger partial charge in [0.15, 0.2) is 0 Å². The summed E-state index contributed by atoms with van der Waals surface area (Å²) in [5, 5.41) is 5.82. The van der Waals surface area contributed by atoms with E-state index in [1.807, 2.05) is 41.7 Å². The summed E-state index contributed by atoms with van der Waals surface area (Å²) in [7, 11) is 0. The Hall–Kier alpha value is -2.39. The first kappa shape index (κ1) is 23.8. The van der Waals surface area contributed by atoms with Crippen LogP contribution in [0.3, 0.4) is 0 Å². The molecule has 7 nitrogen and oxygen atoms in total. The highest BCUT2D eigenvalue weighted by Gasteiger charge is 2.55. The first-order chi connectivity index (χ1) is 16.0. The van der Waals surface area contributed by atoms with Crippen LogP contribution in [0.2, 0.25) is 0 Å². The number of nitrogens with one attached hydrogen (secondary N) is 1. The molecule has 0 aliphatic carbocycles. The van der Waals surface area contributed by atoms with E-state index in [1.54, 1.807) is 23.6 Å². The van der Waals surface area contributed by atoms with Crippen molar-refractivity contribution in [2.75, 3.05) is 25.9 Å². The largest absolute Gasteiger partial charge is 0.339 e. The van der Waals surface area contributed by atoms with E-state index in [1.165, 1.54) is 16.7 Å². The number of nitrogens with zero attached hydrogens (tertiary/aromatic N) is 3. The van der Waals surface area contributed by atoms with Crippen LogP contribution in [0.1, 0.15) is 47.8 Å². The van der Waals surface area contributed by atoms with Gasteiger partial charge in [-0.05, 0) is 61.4 Å². The maximum absolute atomic E-state index is 13.6. The maximum atomic E-state index is 13.6. The summed E-state index contributed by atoms with van der Waals surface area (Å²) >= 11 is 3.10. The number of pyridine rings is 1. The average molecular weight is 487 g/mol. The summed E-state index contributed by atoms with van der Waals surface area (Å²) in [6.07, 6.45) is 7.08. The Morgan fingerprint density at radius 3 is 2.73 bits per heavy atom. The Morgan fingerprint density at radius 1 is 1.27 bits per heavy atom. The van der Waals surface area contributed by atoms with Gasteiger partial charge in [0.25, 0.3) is 11.8 Å². The summed E-state index contributed by atoms with van der Waals surface area (Å²) in [6.45, 7) is 3.57. The van der Waals surface area contributed by atoms with Gasteiger partial charge >= 0.3 is 6.03 Å². The molecule has 4 heterocycles. The molecule has 0 bridgehead atoms. The van der Waals surface area contributed by atoms with E-state index in [2.05, 4.69) is 10.3 Å². The number of likely N-dealkylation sites (tertiary alicyclic amines) is 1. The van der Waals surface area contributed by atoms with E-state index in [-0.39, 0.29) is 23.8 Å². The number of aromatic nitrogens is 1. The average Bonchev–Trinajstić information content (AvgIpc) is 3.44. The SMILES string of the molecule is CCC[C@]1(C2CCN(C(=O)c3cccnc3SC)CC2)NC(=O)N(CCc2cccs2)C1=O. The summed E-state index contributed by atoms with van der Waals surface area (Å²) in [5.41, 5.74) is -0.244. The molecule has 1 N–H and O–H groups in total. The van der Waals surface area contributed by atoms with Gasteiger partial charge in [0.1, 0.15) is 10.6 Å². The molecule has 2 saturated heterocycles. The summed E-state index contributed by atoms with van der Waals surface area (Å²) in [5.74, 6) is -0.110. The van der Waals surface area contributed by atoms with E-state index in [9.17, 15) is 14.4 Å². The third-order valence-electron chi connectivity index (χ3n) is 6.68. The van der Waals surface area contributed by atoms with Crippen molar-refractivity contribution in [2.45, 2.75) is 49.6 Å². The van der Waals surface area contributed by atoms with Gasteiger partial charge in [-0.25, -0.2) is 9.78 Å². The summed E-state index contributed by atoms with van der Waals surface area (Å²) in [6, 6.07) is 7.32. The lowest BCUT2D eigenvalue weighted by Crippen LogP contribution is -2.56. The van der Waals surface area contributed by atoms with Gasteiger partial charge in [0, 0.05) is 30.7 Å². The standard InChI is InChI=1S/C24H30N4O3S2/c1-3-11-24(22(30)28(23(31)26-24)15-10-18-6-5-16-33-18)17-8-13-27(14-9-17)21(29)19-7-4-12-25-20(19)32-2/h4-7,12,16-17H,3,8-11,13-15H2,1-2H3,(H,26,31)/t24-/m1/s1. The zero-order chi connectivity index (χ0) is 23.4. The van der Waals surface area contributed by atoms with Crippen molar-refractivity contribution in [1.82, 2.24) is 20.1 Å². The molecule has 2 aliphatic rings. The van der Waals surface area contributed by atoms with Crippen LogP contribution in [0.25, 0.3) is 0 Å². The molecule has 33 heavy (non-hydrogen) atoms. The van der Waals surface area contributed by atoms with Crippen molar-refractivity contribution >= 4 is 40.9 Å². The quantitative estimate of drug-likeness (QED) is 0.450. The van der Waals surface area contributed by atoms with Gasteiger partial charge in [0.05, 0.1) is 5.56 Å². The number of hydrogen-bond donors (Lipinski definition) is 1. The molecule has 0 spiro atoms. The van der Waals surface area contributed by atoms with Crippen molar-refractivity contribution in [3.05, 3.63) is 46.3 Å². The number of thioether (sulfide) groups is 1. The number of carbonyl (C=O) groups excluding carboxylic acids is 3. The molecule has 0 saturated carbocycles. The number of rotatable bonds is 8. The van der Waals surface area contributed by atoms with Crippen molar-refractivity contribution < 1.29 is 14.4 Å². The highest BCUT2D eigenvalue weighted by atomic mass is 32.2. The minimum atomic E-state index is -0.866. The van der Waals surface area contributed by atoms with Gasteiger partial charge < -0.3 is 10.2 Å². The lowest BCUT2D eigenvalue weighted by molar-refractivity contribution is -0.134. The Kier molecular flexibility index (Phi) is 7.38. The maximum Gasteiger partial charge on any atom is 0.325 e. The monoisotopic (exact) mass is 486 g/mol. The second kappa shape index (κ2) is 10.3. The lowest BCUT2D eigenvalue weighted by Gasteiger charge is -2.41. The fourth-order valence-corrected chi connectivity index (χ4v) is 6.27. The van der Waals surface area contributed by atoms with Crippen molar-refractivity contribution in [3.8, 4) is 0 Å². The van der Waals surface area contributed by atoms with Gasteiger partial charge in [0.2, 0.25) is 0 Å². The molecule has 2 fully saturated rings. The second-order valence-electron chi connectivity index (χ2n) is 8.56. The third-order valence-corrected chi connectivity index (χ3v) is 8.33. The van der Waals surface area contributed by atoms with Crippen LogP contribution in [-0.2, 0) is 11.2 Å². The Labute approximate surface area is 202 Å². The zero-order valence-corrected chi connectivity index (χ0v) is 20.7. The first-order valence-corrected chi connectivity index (χ1v) is 13.6. The summed E-state index contributed by atoms with van der Waals surface area (Å²) in [4.78, 5) is 48.2. The third kappa shape index (κ3) is 4.66. The highest BCUT2D eigenvalue weighted by Crippen LogP contribution is 2.37. The Bertz CT molecular complexity index is 1000. The Balaban J connectivity index is 1.45. The van der Waals surface area contributed by atoms with E-state index in [0.29, 0.717) is 50.9 Å². The van der Waals surface area contributed by atoms with Crippen molar-refractivity contribution in [2.24, 2.45) is 5.92 Å². The lowest BCUT2D eigenvalue weighted by atomic mass is 9.74. The van der Waals surface area contributed by atoms with Crippen LogP contribution in [0.4, 0.5) is 4.79 Å². The Morgan fingerprint density at radius 2 is 2.06 bits per heavy atom. The summed E-state index contributed by atoms with van der Waals surface area (Å²) < 4.78 is 0. The number of thiophene rings is 1. The molecular weight excluding hydrogens is 456 g/mol. The first-order valence-electron chi connectivity index (χ1n) is 11.4. The molecule has 2 aromatic heterocycles. The number of piperidine rings is 1. The van der Waals surface area contributed by atoms with Crippen LogP contribution >= 0.6 is 23.1 Å². The molecule has 0 aromatic carbocycles. The van der Waals surface area contributed by atoms with Crippen LogP contribution in [0, 0.1) is 5.92 Å². The van der Waals surface area contributed by atoms with Crippen LogP contribution in [0.15, 0.2) is 40.9 Å². The fraction of sp³-hybridized carbons (Fsp3) is 0.500. The number of imide groups is 1. The minimum absolute atomic E-state index is 0.0126. The van der Waals surface area contributed by atoms with Crippen LogP contribution in [-0.4, -0.2) is 64.1 Å². The van der Waals surface area contributed by atoms with Gasteiger partial charge in [-0.1, -0.05) is 19.4 Å². The number of carbonyl (C=O) groups is 3. The van der Waals surface area contributed by atoms with E-state index < -0.39 is 5.54 Å². The van der Waals surface area contributed by atoms with E-state index in [4.69, 9.17) is 0 Å². The van der Waals surface area contributed by atoms with Gasteiger partial charge in [-0.15, -0.1) is 23.1 Å². The van der Waals surface area contributed by atoms with Crippen LogP contribution < -0.4 is 5.32 Å². The molecular formula is C24H30N4O3S2. The number of urea groups is 1. The fourth-order valence-electron chi connectivity index (χ4n) is 5.03. The molecule has 9 heteroatoms.